The molecule has 0 aliphatic heterocycles. The Kier molecular flexibility index (Phi) is 4.15. The summed E-state index contributed by atoms with van der Waals surface area (Å²) >= 11 is 0. The van der Waals surface area contributed by atoms with E-state index in [0.29, 0.717) is 22.3 Å². The molecule has 0 atom stereocenters. The van der Waals surface area contributed by atoms with Crippen molar-refractivity contribution in [2.45, 2.75) is 6.92 Å². The van der Waals surface area contributed by atoms with Crippen LogP contribution >= 0.6 is 0 Å². The molecular weight excluding hydrogens is 284 g/mol. The number of carbonyl (C=O) groups excluding carboxylic acids is 2. The molecule has 0 saturated heterocycles. The summed E-state index contributed by atoms with van der Waals surface area (Å²) in [5.41, 5.74) is 3.21. The van der Waals surface area contributed by atoms with E-state index in [9.17, 15) is 9.59 Å². The maximum absolute atomic E-state index is 12.6. The van der Waals surface area contributed by atoms with E-state index in [1.54, 1.807) is 30.3 Å². The minimum Gasteiger partial charge on any atom is -0.289 e. The van der Waals surface area contributed by atoms with Crippen molar-refractivity contribution in [2.24, 2.45) is 0 Å². The third-order valence-corrected chi connectivity index (χ3v) is 3.67. The fourth-order valence-corrected chi connectivity index (χ4v) is 2.56. The zero-order valence-corrected chi connectivity index (χ0v) is 12.8. The second-order valence-electron chi connectivity index (χ2n) is 5.48. The number of carbonyl (C=O) groups is 2. The number of aryl methyl sites for hydroxylation is 1. The van der Waals surface area contributed by atoms with Gasteiger partial charge in [0.25, 0.3) is 0 Å². The van der Waals surface area contributed by atoms with E-state index >= 15 is 0 Å². The molecule has 0 fully saturated rings. The van der Waals surface area contributed by atoms with Crippen LogP contribution in [0.25, 0.3) is 0 Å². The van der Waals surface area contributed by atoms with Crippen LogP contribution in [0.5, 0.6) is 0 Å². The quantitative estimate of drug-likeness (QED) is 0.667. The molecule has 2 heteroatoms. The van der Waals surface area contributed by atoms with Gasteiger partial charge < -0.3 is 0 Å². The molecule has 3 aromatic carbocycles. The SMILES string of the molecule is Cc1cc(C(=O)c2ccccc2)cc(C(=O)c2ccccc2)c1. The molecule has 112 valence electrons. The maximum Gasteiger partial charge on any atom is 0.193 e. The van der Waals surface area contributed by atoms with Crippen molar-refractivity contribution in [1.82, 2.24) is 0 Å². The second kappa shape index (κ2) is 6.41. The molecule has 0 aliphatic rings. The highest BCUT2D eigenvalue weighted by Gasteiger charge is 2.14. The number of rotatable bonds is 4. The first kappa shape index (κ1) is 14.9. The molecule has 0 aliphatic carbocycles. The lowest BCUT2D eigenvalue weighted by molar-refractivity contribution is 0.103. The van der Waals surface area contributed by atoms with Crippen LogP contribution in [0, 0.1) is 6.92 Å². The van der Waals surface area contributed by atoms with E-state index in [1.165, 1.54) is 0 Å². The predicted octanol–water partition coefficient (Wildman–Crippen LogP) is 4.46. The van der Waals surface area contributed by atoms with Crippen molar-refractivity contribution in [3.8, 4) is 0 Å². The standard InChI is InChI=1S/C21H16O2/c1-15-12-18(20(22)16-8-4-2-5-9-16)14-19(13-15)21(23)17-10-6-3-7-11-17/h2-14H,1H3. The molecule has 3 aromatic rings. The van der Waals surface area contributed by atoms with Crippen molar-refractivity contribution in [3.63, 3.8) is 0 Å². The summed E-state index contributed by atoms with van der Waals surface area (Å²) in [6, 6.07) is 23.5. The average molecular weight is 300 g/mol. The minimum absolute atomic E-state index is 0.0728. The molecule has 0 unspecified atom stereocenters. The Balaban J connectivity index is 2.00. The van der Waals surface area contributed by atoms with Crippen LogP contribution in [-0.4, -0.2) is 11.6 Å². The van der Waals surface area contributed by atoms with Crippen LogP contribution in [0.3, 0.4) is 0 Å². The van der Waals surface area contributed by atoms with Gasteiger partial charge in [-0.05, 0) is 30.7 Å². The molecule has 0 saturated carbocycles. The molecule has 23 heavy (non-hydrogen) atoms. The molecular formula is C21H16O2. The lowest BCUT2D eigenvalue weighted by Gasteiger charge is -2.07. The van der Waals surface area contributed by atoms with Gasteiger partial charge in [0, 0.05) is 22.3 Å². The fourth-order valence-electron chi connectivity index (χ4n) is 2.56. The minimum atomic E-state index is -0.0728. The van der Waals surface area contributed by atoms with E-state index < -0.39 is 0 Å². The van der Waals surface area contributed by atoms with Crippen LogP contribution in [0.1, 0.15) is 37.4 Å². The Morgan fingerprint density at radius 3 is 1.35 bits per heavy atom. The summed E-state index contributed by atoms with van der Waals surface area (Å²) in [6.45, 7) is 1.89. The lowest BCUT2D eigenvalue weighted by Crippen LogP contribution is -2.06. The molecule has 0 N–H and O–H groups in total. The summed E-state index contributed by atoms with van der Waals surface area (Å²) in [5, 5.41) is 0. The topological polar surface area (TPSA) is 34.1 Å². The number of benzene rings is 3. The zero-order chi connectivity index (χ0) is 16.2. The van der Waals surface area contributed by atoms with Crippen LogP contribution in [0.2, 0.25) is 0 Å². The molecule has 0 bridgehead atoms. The zero-order valence-electron chi connectivity index (χ0n) is 12.8. The van der Waals surface area contributed by atoms with Gasteiger partial charge in [-0.25, -0.2) is 0 Å². The maximum atomic E-state index is 12.6. The van der Waals surface area contributed by atoms with Gasteiger partial charge in [-0.2, -0.15) is 0 Å². The summed E-state index contributed by atoms with van der Waals surface area (Å²) in [6.07, 6.45) is 0. The molecule has 0 aromatic heterocycles. The van der Waals surface area contributed by atoms with E-state index in [-0.39, 0.29) is 11.6 Å². The predicted molar refractivity (Wildman–Crippen MR) is 90.9 cm³/mol. The van der Waals surface area contributed by atoms with Gasteiger partial charge in [-0.3, -0.25) is 9.59 Å². The van der Waals surface area contributed by atoms with Gasteiger partial charge in [0.15, 0.2) is 11.6 Å². The van der Waals surface area contributed by atoms with Crippen molar-refractivity contribution < 1.29 is 9.59 Å². The number of hydrogen-bond acceptors (Lipinski definition) is 2. The summed E-state index contributed by atoms with van der Waals surface area (Å²) in [5.74, 6) is -0.146. The first-order chi connectivity index (χ1) is 11.1. The normalized spacial score (nSPS) is 10.3. The summed E-state index contributed by atoms with van der Waals surface area (Å²) < 4.78 is 0. The van der Waals surface area contributed by atoms with Gasteiger partial charge in [0.05, 0.1) is 0 Å². The first-order valence-electron chi connectivity index (χ1n) is 7.46. The molecule has 3 rings (SSSR count). The monoisotopic (exact) mass is 300 g/mol. The Bertz CT molecular complexity index is 780. The van der Waals surface area contributed by atoms with E-state index in [1.807, 2.05) is 55.5 Å². The second-order valence-corrected chi connectivity index (χ2v) is 5.48. The summed E-state index contributed by atoms with van der Waals surface area (Å²) in [7, 11) is 0. The van der Waals surface area contributed by atoms with Crippen LogP contribution < -0.4 is 0 Å². The Morgan fingerprint density at radius 1 is 0.565 bits per heavy atom. The van der Waals surface area contributed by atoms with E-state index in [2.05, 4.69) is 0 Å². The molecule has 0 radical (unpaired) electrons. The number of ketones is 2. The van der Waals surface area contributed by atoms with Crippen LogP contribution in [0.4, 0.5) is 0 Å². The van der Waals surface area contributed by atoms with E-state index in [4.69, 9.17) is 0 Å². The fraction of sp³-hybridized carbons (Fsp3) is 0.0476. The third-order valence-electron chi connectivity index (χ3n) is 3.67. The smallest absolute Gasteiger partial charge is 0.193 e. The largest absolute Gasteiger partial charge is 0.289 e. The van der Waals surface area contributed by atoms with Crippen LogP contribution in [0.15, 0.2) is 78.9 Å². The first-order valence-corrected chi connectivity index (χ1v) is 7.46. The van der Waals surface area contributed by atoms with Gasteiger partial charge in [0.1, 0.15) is 0 Å². The van der Waals surface area contributed by atoms with Gasteiger partial charge in [-0.1, -0.05) is 60.7 Å². The van der Waals surface area contributed by atoms with Crippen molar-refractivity contribution in [3.05, 3.63) is 107 Å². The molecule has 2 nitrogen and oxygen atoms in total. The third kappa shape index (κ3) is 3.27. The van der Waals surface area contributed by atoms with Gasteiger partial charge in [-0.15, -0.1) is 0 Å². The highest BCUT2D eigenvalue weighted by molar-refractivity contribution is 6.13. The molecule has 0 amide bonds. The number of hydrogen-bond donors (Lipinski definition) is 0. The lowest BCUT2D eigenvalue weighted by atomic mass is 9.95. The highest BCUT2D eigenvalue weighted by atomic mass is 16.1. The van der Waals surface area contributed by atoms with Crippen molar-refractivity contribution in [2.75, 3.05) is 0 Å². The summed E-state index contributed by atoms with van der Waals surface area (Å²) in [4.78, 5) is 25.2. The molecule has 0 heterocycles. The Morgan fingerprint density at radius 2 is 0.957 bits per heavy atom. The average Bonchev–Trinajstić information content (AvgIpc) is 2.61. The van der Waals surface area contributed by atoms with Crippen molar-refractivity contribution in [1.29, 1.82) is 0 Å². The van der Waals surface area contributed by atoms with Crippen LogP contribution in [-0.2, 0) is 0 Å². The Labute approximate surface area is 135 Å². The molecule has 0 spiro atoms. The van der Waals surface area contributed by atoms with Gasteiger partial charge in [0.2, 0.25) is 0 Å². The van der Waals surface area contributed by atoms with E-state index in [0.717, 1.165) is 5.56 Å². The Hall–Kier alpha value is -3.00. The highest BCUT2D eigenvalue weighted by Crippen LogP contribution is 2.17. The van der Waals surface area contributed by atoms with Gasteiger partial charge >= 0.3 is 0 Å². The van der Waals surface area contributed by atoms with Crippen molar-refractivity contribution >= 4 is 11.6 Å².